The van der Waals surface area contributed by atoms with Crippen LogP contribution in [0.4, 0.5) is 5.69 Å². The number of methoxy groups -OCH3 is 1. The number of fused-ring (bicyclic) bond motifs is 1. The lowest BCUT2D eigenvalue weighted by Gasteiger charge is -2.34. The van der Waals surface area contributed by atoms with Crippen LogP contribution in [0.3, 0.4) is 0 Å². The van der Waals surface area contributed by atoms with Gasteiger partial charge in [0.15, 0.2) is 6.61 Å². The molecule has 1 fully saturated rings. The van der Waals surface area contributed by atoms with Gasteiger partial charge in [0.25, 0.3) is 5.91 Å². The van der Waals surface area contributed by atoms with Crippen molar-refractivity contribution in [1.29, 1.82) is 0 Å². The Morgan fingerprint density at radius 1 is 1.41 bits per heavy atom. The Morgan fingerprint density at radius 3 is 2.91 bits per heavy atom. The number of carbonyl (C=O) groups excluding carboxylic acids is 2. The topological polar surface area (TPSA) is 67.9 Å². The normalized spacial score (nSPS) is 18.6. The maximum Gasteiger partial charge on any atom is 0.337 e. The molecule has 2 aliphatic heterocycles. The molecule has 0 aliphatic carbocycles. The van der Waals surface area contributed by atoms with Crippen molar-refractivity contribution in [2.75, 3.05) is 38.3 Å². The summed E-state index contributed by atoms with van der Waals surface area (Å²) in [6.45, 7) is 2.69. The first kappa shape index (κ1) is 14.8. The fourth-order valence-electron chi connectivity index (χ4n) is 2.97. The molecule has 2 heterocycles. The number of piperidine rings is 1. The summed E-state index contributed by atoms with van der Waals surface area (Å²) in [7, 11) is 1.34. The smallest absolute Gasteiger partial charge is 0.337 e. The van der Waals surface area contributed by atoms with Gasteiger partial charge in [0.2, 0.25) is 0 Å². The third-order valence-electron chi connectivity index (χ3n) is 4.22. The molecule has 0 aromatic heterocycles. The highest BCUT2D eigenvalue weighted by Gasteiger charge is 2.29. The zero-order valence-corrected chi connectivity index (χ0v) is 12.6. The van der Waals surface area contributed by atoms with Crippen LogP contribution in [0.5, 0.6) is 5.75 Å². The van der Waals surface area contributed by atoms with E-state index in [9.17, 15) is 9.59 Å². The van der Waals surface area contributed by atoms with Crippen LogP contribution in [-0.2, 0) is 9.53 Å². The molecule has 1 saturated heterocycles. The standard InChI is InChI=1S/C16H20N2O4/c1-21-16(20)12-2-3-14-13(8-12)18(15(19)10-22-14)9-11-4-6-17-7-5-11/h2-3,8,11,17H,4-7,9-10H2,1H3. The molecular formula is C16H20N2O4. The Balaban J connectivity index is 1.87. The summed E-state index contributed by atoms with van der Waals surface area (Å²) in [6, 6.07) is 5.06. The second-order valence-corrected chi connectivity index (χ2v) is 5.66. The van der Waals surface area contributed by atoms with Gasteiger partial charge in [-0.3, -0.25) is 4.79 Å². The average Bonchev–Trinajstić information content (AvgIpc) is 2.57. The molecular weight excluding hydrogens is 284 g/mol. The monoisotopic (exact) mass is 304 g/mol. The van der Waals surface area contributed by atoms with Crippen molar-refractivity contribution >= 4 is 17.6 Å². The minimum absolute atomic E-state index is 0.0511. The van der Waals surface area contributed by atoms with E-state index in [1.165, 1.54) is 7.11 Å². The second kappa shape index (κ2) is 6.36. The lowest BCUT2D eigenvalue weighted by Crippen LogP contribution is -2.43. The Morgan fingerprint density at radius 2 is 2.18 bits per heavy atom. The van der Waals surface area contributed by atoms with Crippen LogP contribution in [0, 0.1) is 5.92 Å². The van der Waals surface area contributed by atoms with Gasteiger partial charge < -0.3 is 19.7 Å². The molecule has 6 heteroatoms. The van der Waals surface area contributed by atoms with Gasteiger partial charge in [-0.1, -0.05) is 0 Å². The first-order valence-electron chi connectivity index (χ1n) is 7.55. The summed E-state index contributed by atoms with van der Waals surface area (Å²) in [5.74, 6) is 0.634. The highest BCUT2D eigenvalue weighted by Crippen LogP contribution is 2.34. The molecule has 118 valence electrons. The van der Waals surface area contributed by atoms with E-state index in [0.717, 1.165) is 25.9 Å². The fraction of sp³-hybridized carbons (Fsp3) is 0.500. The van der Waals surface area contributed by atoms with Crippen molar-refractivity contribution < 1.29 is 19.1 Å². The van der Waals surface area contributed by atoms with Gasteiger partial charge >= 0.3 is 5.97 Å². The lowest BCUT2D eigenvalue weighted by molar-refractivity contribution is -0.121. The van der Waals surface area contributed by atoms with Crippen molar-refractivity contribution in [3.05, 3.63) is 23.8 Å². The summed E-state index contributed by atoms with van der Waals surface area (Å²) in [5, 5.41) is 3.32. The summed E-state index contributed by atoms with van der Waals surface area (Å²) >= 11 is 0. The molecule has 0 atom stereocenters. The number of carbonyl (C=O) groups is 2. The van der Waals surface area contributed by atoms with Crippen molar-refractivity contribution in [3.63, 3.8) is 0 Å². The van der Waals surface area contributed by atoms with Gasteiger partial charge in [-0.05, 0) is 50.0 Å². The van der Waals surface area contributed by atoms with Gasteiger partial charge in [0.1, 0.15) is 5.75 Å². The predicted octanol–water partition coefficient (Wildman–Crippen LogP) is 1.20. The van der Waals surface area contributed by atoms with Gasteiger partial charge in [-0.2, -0.15) is 0 Å². The summed E-state index contributed by atoms with van der Waals surface area (Å²) in [4.78, 5) is 25.7. The number of anilines is 1. The number of nitrogens with zero attached hydrogens (tertiary/aromatic N) is 1. The lowest BCUT2D eigenvalue weighted by atomic mass is 9.97. The predicted molar refractivity (Wildman–Crippen MR) is 81.2 cm³/mol. The minimum atomic E-state index is -0.414. The average molecular weight is 304 g/mol. The van der Waals surface area contributed by atoms with E-state index < -0.39 is 5.97 Å². The molecule has 1 amide bonds. The molecule has 0 radical (unpaired) electrons. The van der Waals surface area contributed by atoms with Crippen LogP contribution in [0.15, 0.2) is 18.2 Å². The Bertz CT molecular complexity index is 582. The van der Waals surface area contributed by atoms with E-state index in [1.54, 1.807) is 23.1 Å². The largest absolute Gasteiger partial charge is 0.482 e. The maximum atomic E-state index is 12.3. The number of benzene rings is 1. The van der Waals surface area contributed by atoms with E-state index in [1.807, 2.05) is 0 Å². The van der Waals surface area contributed by atoms with Crippen molar-refractivity contribution in [3.8, 4) is 5.75 Å². The first-order valence-corrected chi connectivity index (χ1v) is 7.55. The molecule has 3 rings (SSSR count). The molecule has 0 spiro atoms. The highest BCUT2D eigenvalue weighted by molar-refractivity contribution is 6.00. The number of esters is 1. The highest BCUT2D eigenvalue weighted by atomic mass is 16.5. The number of nitrogens with one attached hydrogen (secondary N) is 1. The molecule has 0 bridgehead atoms. The fourth-order valence-corrected chi connectivity index (χ4v) is 2.97. The number of ether oxygens (including phenoxy) is 2. The van der Waals surface area contributed by atoms with Gasteiger partial charge in [-0.25, -0.2) is 4.79 Å². The van der Waals surface area contributed by atoms with Crippen LogP contribution in [-0.4, -0.2) is 45.2 Å². The quantitative estimate of drug-likeness (QED) is 0.850. The van der Waals surface area contributed by atoms with Gasteiger partial charge in [-0.15, -0.1) is 0 Å². The molecule has 0 unspecified atom stereocenters. The number of hydrogen-bond acceptors (Lipinski definition) is 5. The summed E-state index contributed by atoms with van der Waals surface area (Å²) in [5.41, 5.74) is 1.09. The molecule has 0 saturated carbocycles. The van der Waals surface area contributed by atoms with Crippen LogP contribution >= 0.6 is 0 Å². The maximum absolute atomic E-state index is 12.3. The molecule has 1 N–H and O–H groups in total. The molecule has 6 nitrogen and oxygen atoms in total. The van der Waals surface area contributed by atoms with Crippen LogP contribution in [0.2, 0.25) is 0 Å². The van der Waals surface area contributed by atoms with E-state index in [0.29, 0.717) is 29.5 Å². The van der Waals surface area contributed by atoms with Crippen molar-refractivity contribution in [2.24, 2.45) is 5.92 Å². The number of rotatable bonds is 3. The van der Waals surface area contributed by atoms with E-state index in [2.05, 4.69) is 5.32 Å². The minimum Gasteiger partial charge on any atom is -0.482 e. The van der Waals surface area contributed by atoms with Crippen molar-refractivity contribution in [1.82, 2.24) is 5.32 Å². The van der Waals surface area contributed by atoms with Crippen molar-refractivity contribution in [2.45, 2.75) is 12.8 Å². The summed E-state index contributed by atoms with van der Waals surface area (Å²) < 4.78 is 10.2. The SMILES string of the molecule is COC(=O)c1ccc2c(c1)N(CC1CCNCC1)C(=O)CO2. The molecule has 1 aromatic carbocycles. The van der Waals surface area contributed by atoms with Gasteiger partial charge in [0.05, 0.1) is 18.4 Å². The van der Waals surface area contributed by atoms with Gasteiger partial charge in [0, 0.05) is 6.54 Å². The number of amides is 1. The van der Waals surface area contributed by atoms with Crippen LogP contribution in [0.25, 0.3) is 0 Å². The molecule has 22 heavy (non-hydrogen) atoms. The molecule has 1 aromatic rings. The number of hydrogen-bond donors (Lipinski definition) is 1. The molecule has 2 aliphatic rings. The zero-order chi connectivity index (χ0) is 15.5. The van der Waals surface area contributed by atoms with E-state index in [4.69, 9.17) is 9.47 Å². The van der Waals surface area contributed by atoms with E-state index >= 15 is 0 Å². The third-order valence-corrected chi connectivity index (χ3v) is 4.22. The third kappa shape index (κ3) is 2.92. The Labute approximate surface area is 129 Å². The summed E-state index contributed by atoms with van der Waals surface area (Å²) in [6.07, 6.45) is 2.10. The Kier molecular flexibility index (Phi) is 4.29. The Hall–Kier alpha value is -2.08. The van der Waals surface area contributed by atoms with Crippen LogP contribution in [0.1, 0.15) is 23.2 Å². The second-order valence-electron chi connectivity index (χ2n) is 5.66. The zero-order valence-electron chi connectivity index (χ0n) is 12.6. The van der Waals surface area contributed by atoms with Crippen LogP contribution < -0.4 is 15.0 Å². The first-order chi connectivity index (χ1) is 10.7. The van der Waals surface area contributed by atoms with E-state index in [-0.39, 0.29) is 12.5 Å².